The predicted molar refractivity (Wildman–Crippen MR) is 124 cm³/mol. The average molecular weight is 476 g/mol. The summed E-state index contributed by atoms with van der Waals surface area (Å²) in [4.78, 5) is 14.3. The lowest BCUT2D eigenvalue weighted by atomic mass is 10.2. The summed E-state index contributed by atoms with van der Waals surface area (Å²) >= 11 is 5.48. The minimum absolute atomic E-state index is 0.0455. The molecule has 1 unspecified atom stereocenters. The second kappa shape index (κ2) is 12.7. The molecule has 0 aliphatic carbocycles. The van der Waals surface area contributed by atoms with Crippen LogP contribution in [0.4, 0.5) is 4.39 Å². The van der Waals surface area contributed by atoms with E-state index in [4.69, 9.17) is 31.2 Å². The van der Waals surface area contributed by atoms with Gasteiger partial charge in [-0.1, -0.05) is 43.5 Å². The Morgan fingerprint density at radius 3 is 2.39 bits per heavy atom. The van der Waals surface area contributed by atoms with Crippen LogP contribution in [0.5, 0.6) is 18.0 Å². The number of hydrogen-bond acceptors (Lipinski definition) is 8. The minimum Gasteiger partial charge on any atom is -0.460 e. The number of nitrogens with one attached hydrogen (secondary N) is 1. The van der Waals surface area contributed by atoms with Crippen molar-refractivity contribution in [3.05, 3.63) is 61.0 Å². The van der Waals surface area contributed by atoms with Gasteiger partial charge in [0, 0.05) is 25.2 Å². The fourth-order valence-corrected chi connectivity index (χ4v) is 3.12. The van der Waals surface area contributed by atoms with Gasteiger partial charge in [-0.2, -0.15) is 0 Å². The molecule has 1 atom stereocenters. The predicted octanol–water partition coefficient (Wildman–Crippen LogP) is 2.29. The van der Waals surface area contributed by atoms with E-state index in [1.807, 2.05) is 4.90 Å². The van der Waals surface area contributed by atoms with Gasteiger partial charge in [-0.15, -0.1) is 15.0 Å². The van der Waals surface area contributed by atoms with E-state index in [2.05, 4.69) is 33.4 Å². The number of aromatic nitrogens is 3. The summed E-state index contributed by atoms with van der Waals surface area (Å²) in [7, 11) is 0. The first-order valence-electron chi connectivity index (χ1n) is 10.3. The number of nitrogens with zero attached hydrogens (tertiary/aromatic N) is 4. The van der Waals surface area contributed by atoms with E-state index in [-0.39, 0.29) is 49.8 Å². The highest BCUT2D eigenvalue weighted by Gasteiger charge is 2.24. The van der Waals surface area contributed by atoms with Gasteiger partial charge in [0.05, 0.1) is 6.61 Å². The fourth-order valence-electron chi connectivity index (χ4n) is 2.88. The number of halogens is 1. The Labute approximate surface area is 197 Å². The molecule has 176 valence electrons. The van der Waals surface area contributed by atoms with Crippen LogP contribution < -0.4 is 19.5 Å². The van der Waals surface area contributed by atoms with Crippen molar-refractivity contribution in [3.63, 3.8) is 0 Å². The molecule has 1 aliphatic rings. The molecule has 1 saturated heterocycles. The van der Waals surface area contributed by atoms with Gasteiger partial charge in [-0.3, -0.25) is 0 Å². The number of benzene rings is 1. The quantitative estimate of drug-likeness (QED) is 0.386. The molecule has 1 N–H and O–H groups in total. The Hall–Kier alpha value is -3.31. The summed E-state index contributed by atoms with van der Waals surface area (Å²) in [5, 5.41) is 3.62. The van der Waals surface area contributed by atoms with E-state index in [9.17, 15) is 4.39 Å². The monoisotopic (exact) mass is 475 g/mol. The van der Waals surface area contributed by atoms with Gasteiger partial charge in [0.1, 0.15) is 31.7 Å². The van der Waals surface area contributed by atoms with Crippen molar-refractivity contribution in [1.82, 2.24) is 25.2 Å². The molecule has 0 amide bonds. The van der Waals surface area contributed by atoms with Gasteiger partial charge in [-0.25, -0.2) is 4.39 Å². The lowest BCUT2D eigenvalue weighted by molar-refractivity contribution is -0.0306. The number of morpholine rings is 1. The summed E-state index contributed by atoms with van der Waals surface area (Å²) in [5.74, 6) is -0.272. The van der Waals surface area contributed by atoms with Crippen LogP contribution in [0.3, 0.4) is 0 Å². The zero-order valence-electron chi connectivity index (χ0n) is 18.1. The van der Waals surface area contributed by atoms with E-state index >= 15 is 0 Å². The number of ether oxygens (including phenoxy) is 4. The molecule has 33 heavy (non-hydrogen) atoms. The van der Waals surface area contributed by atoms with Crippen LogP contribution in [0, 0.1) is 5.82 Å². The second-order valence-electron chi connectivity index (χ2n) is 6.88. The van der Waals surface area contributed by atoms with Crippen molar-refractivity contribution in [2.75, 3.05) is 39.5 Å². The molecule has 1 fully saturated rings. The normalized spacial score (nSPS) is 15.4. The largest absolute Gasteiger partial charge is 0.460 e. The molecule has 2 aromatic rings. The highest BCUT2D eigenvalue weighted by atomic mass is 32.1. The molecule has 0 bridgehead atoms. The van der Waals surface area contributed by atoms with Crippen LogP contribution in [0.15, 0.2) is 49.6 Å². The van der Waals surface area contributed by atoms with Crippen molar-refractivity contribution >= 4 is 17.3 Å². The van der Waals surface area contributed by atoms with E-state index in [1.165, 1.54) is 6.07 Å². The van der Waals surface area contributed by atoms with Crippen molar-refractivity contribution < 1.29 is 23.3 Å². The smallest absolute Gasteiger partial charge is 0.326 e. The van der Waals surface area contributed by atoms with Crippen molar-refractivity contribution in [3.8, 4) is 18.0 Å². The molecule has 1 aliphatic heterocycles. The lowest BCUT2D eigenvalue weighted by Crippen LogP contribution is -2.50. The summed E-state index contributed by atoms with van der Waals surface area (Å²) in [6.45, 7) is 9.70. The first-order valence-corrected chi connectivity index (χ1v) is 10.7. The molecule has 1 aromatic heterocycles. The first-order chi connectivity index (χ1) is 16.1. The molecular weight excluding hydrogens is 449 g/mol. The number of thiocarbonyl (C=S) groups is 1. The van der Waals surface area contributed by atoms with Crippen LogP contribution in [0.25, 0.3) is 0 Å². The van der Waals surface area contributed by atoms with E-state index in [1.54, 1.807) is 30.4 Å². The molecule has 11 heteroatoms. The third-order valence-corrected chi connectivity index (χ3v) is 4.85. The molecule has 2 heterocycles. The van der Waals surface area contributed by atoms with Gasteiger partial charge in [0.15, 0.2) is 5.11 Å². The van der Waals surface area contributed by atoms with E-state index < -0.39 is 0 Å². The third kappa shape index (κ3) is 7.65. The van der Waals surface area contributed by atoms with E-state index in [0.717, 1.165) is 0 Å². The van der Waals surface area contributed by atoms with Gasteiger partial charge >= 0.3 is 18.0 Å². The van der Waals surface area contributed by atoms with Crippen molar-refractivity contribution in [2.24, 2.45) is 0 Å². The van der Waals surface area contributed by atoms with Gasteiger partial charge < -0.3 is 29.2 Å². The summed E-state index contributed by atoms with van der Waals surface area (Å²) in [6.07, 6.45) is 2.86. The molecule has 9 nitrogen and oxygen atoms in total. The summed E-state index contributed by atoms with van der Waals surface area (Å²) < 4.78 is 36.1. The van der Waals surface area contributed by atoms with Gasteiger partial charge in [-0.05, 0) is 18.3 Å². The topological polar surface area (TPSA) is 90.9 Å². The first kappa shape index (κ1) is 24.3. The van der Waals surface area contributed by atoms with E-state index in [0.29, 0.717) is 36.9 Å². The maximum atomic E-state index is 13.8. The van der Waals surface area contributed by atoms with Gasteiger partial charge in [0.25, 0.3) is 0 Å². The summed E-state index contributed by atoms with van der Waals surface area (Å²) in [6, 6.07) is 6.74. The lowest BCUT2D eigenvalue weighted by Gasteiger charge is -2.34. The molecule has 3 rings (SSSR count). The Morgan fingerprint density at radius 1 is 1.12 bits per heavy atom. The highest BCUT2D eigenvalue weighted by Crippen LogP contribution is 2.16. The molecule has 1 aromatic carbocycles. The van der Waals surface area contributed by atoms with Crippen LogP contribution in [-0.4, -0.2) is 70.6 Å². The second-order valence-corrected chi connectivity index (χ2v) is 7.27. The van der Waals surface area contributed by atoms with Crippen LogP contribution >= 0.6 is 12.2 Å². The zero-order chi connectivity index (χ0) is 23.5. The van der Waals surface area contributed by atoms with Gasteiger partial charge in [0.2, 0.25) is 0 Å². The number of rotatable bonds is 11. The molecule has 0 saturated carbocycles. The minimum atomic E-state index is -0.279. The average Bonchev–Trinajstić information content (AvgIpc) is 2.84. The zero-order valence-corrected chi connectivity index (χ0v) is 18.9. The maximum Gasteiger partial charge on any atom is 0.326 e. The van der Waals surface area contributed by atoms with Crippen molar-refractivity contribution in [2.45, 2.75) is 12.6 Å². The Balaban J connectivity index is 1.54. The van der Waals surface area contributed by atoms with Crippen LogP contribution in [0.1, 0.15) is 5.56 Å². The fraction of sp³-hybridized carbons (Fsp3) is 0.364. The molecule has 0 radical (unpaired) electrons. The molecule has 0 spiro atoms. The van der Waals surface area contributed by atoms with Crippen LogP contribution in [-0.2, 0) is 11.3 Å². The SMILES string of the molecule is C=CCOc1nc(OCC=C)nc(OCC2CN(C(=S)NCc3ccccc3F)CCO2)n1. The standard InChI is InChI=1S/C22H26FN5O4S/c1-3-10-30-19-25-20(31-11-4-2)27-21(26-19)32-15-17-14-28(9-12-29-17)22(33)24-13-16-7-5-6-8-18(16)23/h3-8,17H,1-2,9-15H2,(H,24,33). The Bertz CT molecular complexity index is 934. The van der Waals surface area contributed by atoms with Crippen LogP contribution in [0.2, 0.25) is 0 Å². The Morgan fingerprint density at radius 2 is 1.76 bits per heavy atom. The maximum absolute atomic E-state index is 13.8. The Kier molecular flexibility index (Phi) is 9.33. The highest BCUT2D eigenvalue weighted by molar-refractivity contribution is 7.80. The van der Waals surface area contributed by atoms with Crippen molar-refractivity contribution in [1.29, 1.82) is 0 Å². The summed E-state index contributed by atoms with van der Waals surface area (Å²) in [5.41, 5.74) is 0.548. The third-order valence-electron chi connectivity index (χ3n) is 4.45. The number of hydrogen-bond donors (Lipinski definition) is 1. The molecular formula is C22H26FN5O4S.